The number of anilines is 1. The standard InChI is InChI=1S/C23H19N5O2/c1-15-7-9-18(10-8-15)22-24-21-6-4-3-5-20(21)23(25-22)27-26-16(2)17-11-13-19(14-12-17)28(29)30/h3-14H,1-2H3,(H,24,25,27). The van der Waals surface area contributed by atoms with Gasteiger partial charge >= 0.3 is 0 Å². The molecular weight excluding hydrogens is 378 g/mol. The number of aryl methyl sites for hydroxylation is 1. The molecule has 4 aromatic rings. The van der Waals surface area contributed by atoms with Gasteiger partial charge in [0.25, 0.3) is 5.69 Å². The number of hydrogen-bond acceptors (Lipinski definition) is 6. The number of hydrazone groups is 1. The van der Waals surface area contributed by atoms with Gasteiger partial charge in [0.05, 0.1) is 16.2 Å². The lowest BCUT2D eigenvalue weighted by Crippen LogP contribution is -2.03. The summed E-state index contributed by atoms with van der Waals surface area (Å²) in [6, 6.07) is 22.1. The van der Waals surface area contributed by atoms with Crippen molar-refractivity contribution in [2.45, 2.75) is 13.8 Å². The Kier molecular flexibility index (Phi) is 5.17. The molecule has 0 amide bonds. The van der Waals surface area contributed by atoms with Gasteiger partial charge in [0.1, 0.15) is 0 Å². The molecule has 7 nitrogen and oxygen atoms in total. The van der Waals surface area contributed by atoms with Crippen molar-refractivity contribution in [2.75, 3.05) is 5.43 Å². The zero-order valence-corrected chi connectivity index (χ0v) is 16.5. The first-order valence-electron chi connectivity index (χ1n) is 9.40. The molecule has 7 heteroatoms. The average Bonchev–Trinajstić information content (AvgIpc) is 2.77. The summed E-state index contributed by atoms with van der Waals surface area (Å²) in [4.78, 5) is 19.8. The van der Waals surface area contributed by atoms with E-state index in [0.717, 1.165) is 22.0 Å². The third-order valence-electron chi connectivity index (χ3n) is 4.74. The Hall–Kier alpha value is -4.13. The number of nitrogens with zero attached hydrogens (tertiary/aromatic N) is 4. The van der Waals surface area contributed by atoms with Crippen molar-refractivity contribution in [3.63, 3.8) is 0 Å². The second-order valence-corrected chi connectivity index (χ2v) is 6.89. The predicted octanol–water partition coefficient (Wildman–Crippen LogP) is 5.35. The highest BCUT2D eigenvalue weighted by Gasteiger charge is 2.10. The first kappa shape index (κ1) is 19.2. The van der Waals surface area contributed by atoms with Crippen LogP contribution in [0.2, 0.25) is 0 Å². The van der Waals surface area contributed by atoms with Crippen molar-refractivity contribution in [3.05, 3.63) is 94.0 Å². The van der Waals surface area contributed by atoms with E-state index in [1.54, 1.807) is 12.1 Å². The fraction of sp³-hybridized carbons (Fsp3) is 0.0870. The Morgan fingerprint density at radius 2 is 1.67 bits per heavy atom. The van der Waals surface area contributed by atoms with Crippen LogP contribution >= 0.6 is 0 Å². The minimum Gasteiger partial charge on any atom is -0.260 e. The van der Waals surface area contributed by atoms with Crippen molar-refractivity contribution in [2.24, 2.45) is 5.10 Å². The maximum absolute atomic E-state index is 10.8. The van der Waals surface area contributed by atoms with Crippen molar-refractivity contribution in [1.82, 2.24) is 9.97 Å². The van der Waals surface area contributed by atoms with E-state index >= 15 is 0 Å². The van der Waals surface area contributed by atoms with Crippen LogP contribution in [0.25, 0.3) is 22.3 Å². The molecule has 0 saturated heterocycles. The van der Waals surface area contributed by atoms with Crippen molar-refractivity contribution < 1.29 is 4.92 Å². The molecule has 0 saturated carbocycles. The number of rotatable bonds is 5. The summed E-state index contributed by atoms with van der Waals surface area (Å²) >= 11 is 0. The largest absolute Gasteiger partial charge is 0.269 e. The maximum atomic E-state index is 10.8. The Morgan fingerprint density at radius 1 is 0.967 bits per heavy atom. The highest BCUT2D eigenvalue weighted by Crippen LogP contribution is 2.25. The highest BCUT2D eigenvalue weighted by molar-refractivity contribution is 6.00. The van der Waals surface area contributed by atoms with E-state index in [9.17, 15) is 10.1 Å². The summed E-state index contributed by atoms with van der Waals surface area (Å²) in [6.45, 7) is 3.87. The molecule has 4 rings (SSSR count). The number of benzene rings is 3. The molecule has 0 aliphatic carbocycles. The van der Waals surface area contributed by atoms with Gasteiger partial charge in [-0.25, -0.2) is 9.97 Å². The van der Waals surface area contributed by atoms with Gasteiger partial charge in [0.15, 0.2) is 11.6 Å². The fourth-order valence-electron chi connectivity index (χ4n) is 3.02. The molecule has 0 unspecified atom stereocenters. The minimum absolute atomic E-state index is 0.0454. The van der Waals surface area contributed by atoms with E-state index in [0.29, 0.717) is 17.4 Å². The number of para-hydroxylation sites is 1. The van der Waals surface area contributed by atoms with Crippen LogP contribution in [0.15, 0.2) is 77.9 Å². The Morgan fingerprint density at radius 3 is 2.37 bits per heavy atom. The van der Waals surface area contributed by atoms with E-state index in [-0.39, 0.29) is 5.69 Å². The van der Waals surface area contributed by atoms with Crippen LogP contribution in [-0.4, -0.2) is 20.6 Å². The van der Waals surface area contributed by atoms with Gasteiger partial charge < -0.3 is 0 Å². The van der Waals surface area contributed by atoms with Crippen LogP contribution in [0.3, 0.4) is 0 Å². The van der Waals surface area contributed by atoms with E-state index in [1.165, 1.54) is 17.7 Å². The van der Waals surface area contributed by atoms with Crippen LogP contribution in [-0.2, 0) is 0 Å². The Bertz CT molecular complexity index is 1250. The molecule has 0 fully saturated rings. The summed E-state index contributed by atoms with van der Waals surface area (Å²) in [5.41, 5.74) is 7.46. The fourth-order valence-corrected chi connectivity index (χ4v) is 3.02. The molecule has 1 heterocycles. The molecule has 0 aliphatic rings. The van der Waals surface area contributed by atoms with Crippen LogP contribution in [0.5, 0.6) is 0 Å². The summed E-state index contributed by atoms with van der Waals surface area (Å²) in [5, 5.41) is 16.1. The van der Waals surface area contributed by atoms with Crippen LogP contribution in [0.4, 0.5) is 11.5 Å². The topological polar surface area (TPSA) is 93.3 Å². The smallest absolute Gasteiger partial charge is 0.260 e. The lowest BCUT2D eigenvalue weighted by atomic mass is 10.1. The van der Waals surface area contributed by atoms with E-state index in [1.807, 2.05) is 62.4 Å². The van der Waals surface area contributed by atoms with Gasteiger partial charge in [-0.05, 0) is 43.7 Å². The van der Waals surface area contributed by atoms with Crippen LogP contribution in [0, 0.1) is 17.0 Å². The predicted molar refractivity (Wildman–Crippen MR) is 119 cm³/mol. The number of fused-ring (bicyclic) bond motifs is 1. The molecule has 0 spiro atoms. The minimum atomic E-state index is -0.422. The Labute approximate surface area is 173 Å². The van der Waals surface area contributed by atoms with Gasteiger partial charge in [0.2, 0.25) is 0 Å². The zero-order chi connectivity index (χ0) is 21.1. The second kappa shape index (κ2) is 8.08. The molecule has 148 valence electrons. The average molecular weight is 397 g/mol. The first-order valence-corrected chi connectivity index (χ1v) is 9.40. The maximum Gasteiger partial charge on any atom is 0.269 e. The van der Waals surface area contributed by atoms with Gasteiger partial charge in [-0.3, -0.25) is 15.5 Å². The van der Waals surface area contributed by atoms with Crippen LogP contribution in [0.1, 0.15) is 18.1 Å². The lowest BCUT2D eigenvalue weighted by Gasteiger charge is -2.09. The molecule has 0 bridgehead atoms. The van der Waals surface area contributed by atoms with Crippen molar-refractivity contribution in [3.8, 4) is 11.4 Å². The number of nitro benzene ring substituents is 1. The van der Waals surface area contributed by atoms with E-state index in [2.05, 4.69) is 20.5 Å². The summed E-state index contributed by atoms with van der Waals surface area (Å²) < 4.78 is 0. The number of hydrogen-bond donors (Lipinski definition) is 1. The zero-order valence-electron chi connectivity index (χ0n) is 16.5. The molecule has 0 atom stereocenters. The molecule has 30 heavy (non-hydrogen) atoms. The monoisotopic (exact) mass is 397 g/mol. The number of nitro groups is 1. The van der Waals surface area contributed by atoms with Gasteiger partial charge in [-0.1, -0.05) is 42.0 Å². The van der Waals surface area contributed by atoms with Crippen molar-refractivity contribution in [1.29, 1.82) is 0 Å². The van der Waals surface area contributed by atoms with Gasteiger partial charge in [-0.2, -0.15) is 5.10 Å². The molecule has 0 aliphatic heterocycles. The quantitative estimate of drug-likeness (QED) is 0.278. The lowest BCUT2D eigenvalue weighted by molar-refractivity contribution is -0.384. The summed E-state index contributed by atoms with van der Waals surface area (Å²) in [7, 11) is 0. The summed E-state index contributed by atoms with van der Waals surface area (Å²) in [6.07, 6.45) is 0. The number of non-ortho nitro benzene ring substituents is 1. The van der Waals surface area contributed by atoms with Gasteiger partial charge in [-0.15, -0.1) is 0 Å². The third-order valence-corrected chi connectivity index (χ3v) is 4.74. The third kappa shape index (κ3) is 4.00. The second-order valence-electron chi connectivity index (χ2n) is 6.89. The molecule has 0 radical (unpaired) electrons. The van der Waals surface area contributed by atoms with Crippen molar-refractivity contribution >= 4 is 28.1 Å². The van der Waals surface area contributed by atoms with E-state index in [4.69, 9.17) is 0 Å². The normalized spacial score (nSPS) is 11.5. The number of nitrogens with one attached hydrogen (secondary N) is 1. The summed E-state index contributed by atoms with van der Waals surface area (Å²) in [5.74, 6) is 1.21. The highest BCUT2D eigenvalue weighted by atomic mass is 16.6. The van der Waals surface area contributed by atoms with E-state index < -0.39 is 4.92 Å². The van der Waals surface area contributed by atoms with Gasteiger partial charge in [0, 0.05) is 23.1 Å². The molecular formula is C23H19N5O2. The molecule has 3 aromatic carbocycles. The molecule has 1 N–H and O–H groups in total. The van der Waals surface area contributed by atoms with Crippen LogP contribution < -0.4 is 5.43 Å². The molecule has 1 aromatic heterocycles. The Balaban J connectivity index is 1.69. The SMILES string of the molecule is CC(=NNc1nc(-c2ccc(C)cc2)nc2ccccc12)c1ccc([N+](=O)[O-])cc1. The first-order chi connectivity index (χ1) is 14.5. The number of aromatic nitrogens is 2.